The zero-order valence-electron chi connectivity index (χ0n) is 14.0. The maximum absolute atomic E-state index is 10.7. The molecule has 3 aliphatic heterocycles. The van der Waals surface area contributed by atoms with Gasteiger partial charge in [0.1, 0.15) is 12.2 Å². The van der Waals surface area contributed by atoms with Crippen molar-refractivity contribution in [2.75, 3.05) is 13.2 Å². The lowest BCUT2D eigenvalue weighted by molar-refractivity contribution is -0.235. The summed E-state index contributed by atoms with van der Waals surface area (Å²) in [6, 6.07) is 0. The summed E-state index contributed by atoms with van der Waals surface area (Å²) >= 11 is 0. The molecule has 5 nitrogen and oxygen atoms in total. The fourth-order valence-electron chi connectivity index (χ4n) is 4.26. The van der Waals surface area contributed by atoms with Crippen LogP contribution >= 0.6 is 0 Å². The summed E-state index contributed by atoms with van der Waals surface area (Å²) in [5, 5.41) is 20.3. The van der Waals surface area contributed by atoms with Crippen LogP contribution < -0.4 is 0 Å². The largest absolute Gasteiger partial charge is 0.394 e. The van der Waals surface area contributed by atoms with Crippen molar-refractivity contribution in [2.45, 2.75) is 88.5 Å². The molecule has 0 radical (unpaired) electrons. The molecule has 3 fully saturated rings. The van der Waals surface area contributed by atoms with Gasteiger partial charge in [-0.3, -0.25) is 0 Å². The Morgan fingerprint density at radius 3 is 2.59 bits per heavy atom. The highest BCUT2D eigenvalue weighted by molar-refractivity contribution is 5.04. The predicted octanol–water partition coefficient (Wildman–Crippen LogP) is 1.64. The highest BCUT2D eigenvalue weighted by Gasteiger charge is 2.56. The van der Waals surface area contributed by atoms with Crippen molar-refractivity contribution in [3.63, 3.8) is 0 Å². The third-order valence-electron chi connectivity index (χ3n) is 6.24. The first-order valence-electron chi connectivity index (χ1n) is 8.72. The van der Waals surface area contributed by atoms with E-state index in [1.165, 1.54) is 0 Å². The molecule has 5 heteroatoms. The van der Waals surface area contributed by atoms with Gasteiger partial charge in [-0.15, -0.1) is 0 Å². The van der Waals surface area contributed by atoms with Gasteiger partial charge in [0.15, 0.2) is 0 Å². The smallest absolute Gasteiger partial charge is 0.110 e. The molecule has 128 valence electrons. The Balaban J connectivity index is 1.93. The molecular weight excluding hydrogens is 284 g/mol. The third kappa shape index (κ3) is 2.71. The molecule has 3 bridgehead atoms. The van der Waals surface area contributed by atoms with E-state index in [4.69, 9.17) is 14.2 Å². The molecule has 7 unspecified atom stereocenters. The Hall–Kier alpha value is -0.200. The summed E-state index contributed by atoms with van der Waals surface area (Å²) in [5.74, 6) is 0.0715. The van der Waals surface area contributed by atoms with Crippen LogP contribution in [0, 0.1) is 5.92 Å². The Bertz CT molecular complexity index is 399. The van der Waals surface area contributed by atoms with Gasteiger partial charge >= 0.3 is 0 Å². The SMILES string of the molecule is CCC1(C)CCC2(CC)CC3C(CO)OC(CO1)C(O)C3O2. The van der Waals surface area contributed by atoms with Crippen LogP contribution in [0.1, 0.15) is 52.9 Å². The molecule has 3 saturated heterocycles. The topological polar surface area (TPSA) is 68.2 Å². The number of aliphatic hydroxyl groups is 2. The molecule has 3 aliphatic rings. The van der Waals surface area contributed by atoms with Crippen molar-refractivity contribution in [2.24, 2.45) is 5.92 Å². The second kappa shape index (κ2) is 6.02. The summed E-state index contributed by atoms with van der Waals surface area (Å²) < 4.78 is 18.5. The van der Waals surface area contributed by atoms with E-state index in [-0.39, 0.29) is 35.9 Å². The minimum atomic E-state index is -0.680. The van der Waals surface area contributed by atoms with E-state index in [0.717, 1.165) is 32.1 Å². The molecule has 0 aromatic rings. The van der Waals surface area contributed by atoms with Gasteiger partial charge in [0.25, 0.3) is 0 Å². The summed E-state index contributed by atoms with van der Waals surface area (Å²) in [6.07, 6.45) is 2.95. The number of hydrogen-bond acceptors (Lipinski definition) is 5. The van der Waals surface area contributed by atoms with Gasteiger partial charge in [-0.05, 0) is 39.0 Å². The van der Waals surface area contributed by atoms with Gasteiger partial charge in [0, 0.05) is 5.92 Å². The molecule has 3 heterocycles. The Kier molecular flexibility index (Phi) is 4.56. The number of hydrogen-bond donors (Lipinski definition) is 2. The molecule has 2 N–H and O–H groups in total. The summed E-state index contributed by atoms with van der Waals surface area (Å²) in [7, 11) is 0. The number of fused-ring (bicyclic) bond motifs is 2. The zero-order valence-corrected chi connectivity index (χ0v) is 14.0. The fraction of sp³-hybridized carbons (Fsp3) is 1.00. The number of aliphatic hydroxyl groups excluding tert-OH is 2. The third-order valence-corrected chi connectivity index (χ3v) is 6.24. The lowest BCUT2D eigenvalue weighted by Gasteiger charge is -2.43. The normalized spacial score (nSPS) is 52.0. The van der Waals surface area contributed by atoms with E-state index in [2.05, 4.69) is 20.8 Å². The maximum atomic E-state index is 10.7. The fourth-order valence-corrected chi connectivity index (χ4v) is 4.26. The summed E-state index contributed by atoms with van der Waals surface area (Å²) in [4.78, 5) is 0. The molecule has 0 aliphatic carbocycles. The molecule has 0 amide bonds. The molecular formula is C17H30O5. The van der Waals surface area contributed by atoms with Crippen molar-refractivity contribution in [3.05, 3.63) is 0 Å². The van der Waals surface area contributed by atoms with Gasteiger partial charge in [-0.2, -0.15) is 0 Å². The molecule has 0 aromatic heterocycles. The molecule has 0 spiro atoms. The second-order valence-electron chi connectivity index (χ2n) is 7.49. The van der Waals surface area contributed by atoms with Crippen molar-refractivity contribution in [3.8, 4) is 0 Å². The minimum absolute atomic E-state index is 0.0292. The second-order valence-corrected chi connectivity index (χ2v) is 7.49. The Labute approximate surface area is 132 Å². The quantitative estimate of drug-likeness (QED) is 0.829. The molecule has 7 atom stereocenters. The van der Waals surface area contributed by atoms with Gasteiger partial charge in [0.05, 0.1) is 36.6 Å². The van der Waals surface area contributed by atoms with Gasteiger partial charge in [-0.1, -0.05) is 13.8 Å². The van der Waals surface area contributed by atoms with Crippen LogP contribution in [0.3, 0.4) is 0 Å². The monoisotopic (exact) mass is 314 g/mol. The highest BCUT2D eigenvalue weighted by atomic mass is 16.6. The van der Waals surface area contributed by atoms with Crippen molar-refractivity contribution in [1.82, 2.24) is 0 Å². The summed E-state index contributed by atoms with van der Waals surface area (Å²) in [5.41, 5.74) is -0.435. The highest BCUT2D eigenvalue weighted by Crippen LogP contribution is 2.48. The van der Waals surface area contributed by atoms with E-state index in [1.54, 1.807) is 0 Å². The number of ether oxygens (including phenoxy) is 3. The van der Waals surface area contributed by atoms with Gasteiger partial charge in [0.2, 0.25) is 0 Å². The number of rotatable bonds is 3. The molecule has 3 rings (SSSR count). The van der Waals surface area contributed by atoms with Crippen molar-refractivity contribution in [1.29, 1.82) is 0 Å². The Morgan fingerprint density at radius 2 is 1.95 bits per heavy atom. The Morgan fingerprint density at radius 1 is 1.18 bits per heavy atom. The molecule has 0 aromatic carbocycles. The van der Waals surface area contributed by atoms with Crippen LogP contribution in [0.25, 0.3) is 0 Å². The standard InChI is InChI=1S/C17H30O5/c1-4-16(3)6-7-17(5-2)8-11-12(9-18)21-13(10-20-16)14(19)15(11)22-17/h11-15,18-19H,4-10H2,1-3H3. The van der Waals surface area contributed by atoms with Crippen molar-refractivity contribution < 1.29 is 24.4 Å². The van der Waals surface area contributed by atoms with Crippen LogP contribution in [-0.4, -0.2) is 59.0 Å². The van der Waals surface area contributed by atoms with Crippen LogP contribution in [-0.2, 0) is 14.2 Å². The predicted molar refractivity (Wildman–Crippen MR) is 81.6 cm³/mol. The summed E-state index contributed by atoms with van der Waals surface area (Å²) in [6.45, 7) is 6.74. The average molecular weight is 314 g/mol. The van der Waals surface area contributed by atoms with E-state index >= 15 is 0 Å². The van der Waals surface area contributed by atoms with Crippen LogP contribution in [0.15, 0.2) is 0 Å². The molecule has 0 saturated carbocycles. The lowest BCUT2D eigenvalue weighted by atomic mass is 9.79. The van der Waals surface area contributed by atoms with E-state index in [0.29, 0.717) is 6.61 Å². The zero-order chi connectivity index (χ0) is 16.0. The maximum Gasteiger partial charge on any atom is 0.110 e. The van der Waals surface area contributed by atoms with Crippen LogP contribution in [0.2, 0.25) is 0 Å². The first-order chi connectivity index (χ1) is 10.5. The van der Waals surface area contributed by atoms with E-state index < -0.39 is 12.2 Å². The van der Waals surface area contributed by atoms with Gasteiger partial charge < -0.3 is 24.4 Å². The van der Waals surface area contributed by atoms with Crippen LogP contribution in [0.5, 0.6) is 0 Å². The van der Waals surface area contributed by atoms with Gasteiger partial charge in [-0.25, -0.2) is 0 Å². The van der Waals surface area contributed by atoms with E-state index in [1.807, 2.05) is 0 Å². The minimum Gasteiger partial charge on any atom is -0.394 e. The average Bonchev–Trinajstić information content (AvgIpc) is 2.92. The lowest BCUT2D eigenvalue weighted by Crippen LogP contribution is -2.56. The first kappa shape index (κ1) is 16.7. The van der Waals surface area contributed by atoms with Crippen molar-refractivity contribution >= 4 is 0 Å². The first-order valence-corrected chi connectivity index (χ1v) is 8.72. The van der Waals surface area contributed by atoms with E-state index in [9.17, 15) is 10.2 Å². The van der Waals surface area contributed by atoms with Crippen LogP contribution in [0.4, 0.5) is 0 Å². The molecule has 22 heavy (non-hydrogen) atoms.